The summed E-state index contributed by atoms with van der Waals surface area (Å²) in [6.07, 6.45) is 0.764. The maximum absolute atomic E-state index is 11.7. The van der Waals surface area contributed by atoms with Gasteiger partial charge in [-0.3, -0.25) is 9.69 Å². The van der Waals surface area contributed by atoms with Gasteiger partial charge in [0.1, 0.15) is 11.5 Å². The fraction of sp³-hybridized carbons (Fsp3) is 0.500. The lowest BCUT2D eigenvalue weighted by Gasteiger charge is -2.20. The molecule has 1 aliphatic heterocycles. The third-order valence-electron chi connectivity index (χ3n) is 4.14. The zero-order valence-corrected chi connectivity index (χ0v) is 13.6. The molecule has 1 heterocycles. The summed E-state index contributed by atoms with van der Waals surface area (Å²) in [4.78, 5) is 25.3. The van der Waals surface area contributed by atoms with Crippen LogP contribution in [0.25, 0.3) is 0 Å². The molecule has 1 fully saturated rings. The number of carbonyl (C=O) groups is 2. The third-order valence-corrected chi connectivity index (χ3v) is 4.14. The van der Waals surface area contributed by atoms with Gasteiger partial charge in [0.25, 0.3) is 0 Å². The number of rotatable bonds is 6. The minimum absolute atomic E-state index is 0.0210. The molecule has 0 radical (unpaired) electrons. The first-order chi connectivity index (χ1) is 11.0. The van der Waals surface area contributed by atoms with Crippen molar-refractivity contribution in [3.63, 3.8) is 0 Å². The molecule has 0 unspecified atom stereocenters. The number of carboxylic acid groups (broad SMARTS) is 1. The van der Waals surface area contributed by atoms with Gasteiger partial charge < -0.3 is 19.9 Å². The molecule has 1 atom stereocenters. The van der Waals surface area contributed by atoms with Gasteiger partial charge in [-0.1, -0.05) is 0 Å². The molecule has 0 bridgehead atoms. The number of nitrogens with one attached hydrogen (secondary N) is 1. The number of nitrogens with zero attached hydrogens (tertiary/aromatic N) is 1. The van der Waals surface area contributed by atoms with Gasteiger partial charge in [0.05, 0.1) is 25.7 Å². The van der Waals surface area contributed by atoms with E-state index in [0.717, 1.165) is 13.0 Å². The summed E-state index contributed by atoms with van der Waals surface area (Å²) in [6, 6.07) is 3.17. The van der Waals surface area contributed by atoms with Crippen molar-refractivity contribution in [2.24, 2.45) is 5.92 Å². The van der Waals surface area contributed by atoms with Gasteiger partial charge in [-0.15, -0.1) is 0 Å². The molecule has 1 aromatic carbocycles. The van der Waals surface area contributed by atoms with Crippen LogP contribution in [0.2, 0.25) is 0 Å². The zero-order valence-electron chi connectivity index (χ0n) is 13.6. The first kappa shape index (κ1) is 17.1. The van der Waals surface area contributed by atoms with E-state index in [0.29, 0.717) is 30.2 Å². The highest BCUT2D eigenvalue weighted by Gasteiger charge is 2.29. The molecule has 1 aliphatic rings. The first-order valence-electron chi connectivity index (χ1n) is 7.42. The molecule has 0 aromatic heterocycles. The topological polar surface area (TPSA) is 88.1 Å². The Hall–Kier alpha value is -2.28. The molecule has 126 valence electrons. The molecule has 7 nitrogen and oxygen atoms in total. The van der Waals surface area contributed by atoms with Crippen molar-refractivity contribution in [3.8, 4) is 11.5 Å². The van der Waals surface area contributed by atoms with Crippen molar-refractivity contribution < 1.29 is 24.2 Å². The normalized spacial score (nSPS) is 17.8. The Morgan fingerprint density at radius 2 is 2.09 bits per heavy atom. The van der Waals surface area contributed by atoms with Gasteiger partial charge in [-0.05, 0) is 19.0 Å². The minimum Gasteiger partial charge on any atom is -0.497 e. The van der Waals surface area contributed by atoms with Crippen molar-refractivity contribution in [2.75, 3.05) is 34.4 Å². The highest BCUT2D eigenvalue weighted by molar-refractivity contribution is 5.91. The Labute approximate surface area is 135 Å². The predicted molar refractivity (Wildman–Crippen MR) is 84.0 cm³/mol. The smallest absolute Gasteiger partial charge is 0.336 e. The number of hydrogen-bond donors (Lipinski definition) is 2. The largest absolute Gasteiger partial charge is 0.497 e. The first-order valence-corrected chi connectivity index (χ1v) is 7.42. The lowest BCUT2D eigenvalue weighted by atomic mass is 10.0. The van der Waals surface area contributed by atoms with Gasteiger partial charge in [-0.25, -0.2) is 4.79 Å². The van der Waals surface area contributed by atoms with E-state index in [4.69, 9.17) is 9.47 Å². The van der Waals surface area contributed by atoms with Crippen molar-refractivity contribution in [1.82, 2.24) is 10.2 Å². The van der Waals surface area contributed by atoms with Gasteiger partial charge in [-0.2, -0.15) is 0 Å². The number of carbonyl (C=O) groups excluding carboxylic acids is 1. The number of aromatic carboxylic acids is 1. The zero-order chi connectivity index (χ0) is 17.0. The van der Waals surface area contributed by atoms with E-state index in [1.165, 1.54) is 20.3 Å². The molecule has 1 amide bonds. The van der Waals surface area contributed by atoms with Crippen LogP contribution in [0, 0.1) is 5.92 Å². The molecule has 1 aromatic rings. The van der Waals surface area contributed by atoms with Crippen LogP contribution < -0.4 is 14.8 Å². The van der Waals surface area contributed by atoms with E-state index in [1.807, 2.05) is 0 Å². The van der Waals surface area contributed by atoms with Crippen LogP contribution in [0.3, 0.4) is 0 Å². The Morgan fingerprint density at radius 3 is 2.65 bits per heavy atom. The second-order valence-electron chi connectivity index (χ2n) is 5.50. The summed E-state index contributed by atoms with van der Waals surface area (Å²) in [6.45, 7) is 1.77. The maximum atomic E-state index is 11.7. The van der Waals surface area contributed by atoms with Gasteiger partial charge in [0.15, 0.2) is 0 Å². The number of amides is 1. The minimum atomic E-state index is -1.03. The fourth-order valence-corrected chi connectivity index (χ4v) is 2.89. The highest BCUT2D eigenvalue weighted by Crippen LogP contribution is 2.31. The monoisotopic (exact) mass is 322 g/mol. The summed E-state index contributed by atoms with van der Waals surface area (Å²) >= 11 is 0. The van der Waals surface area contributed by atoms with Crippen molar-refractivity contribution in [2.45, 2.75) is 13.0 Å². The molecule has 1 saturated heterocycles. The van der Waals surface area contributed by atoms with Gasteiger partial charge >= 0.3 is 5.97 Å². The molecular weight excluding hydrogens is 300 g/mol. The van der Waals surface area contributed by atoms with Crippen LogP contribution in [-0.2, 0) is 11.3 Å². The molecular formula is C16H22N2O5. The average Bonchev–Trinajstić information content (AvgIpc) is 3.02. The fourth-order valence-electron chi connectivity index (χ4n) is 2.89. The molecule has 0 saturated carbocycles. The second-order valence-corrected chi connectivity index (χ2v) is 5.50. The van der Waals surface area contributed by atoms with E-state index in [9.17, 15) is 14.7 Å². The Balaban J connectivity index is 2.25. The molecule has 23 heavy (non-hydrogen) atoms. The molecule has 2 N–H and O–H groups in total. The SMILES string of the molecule is CNC(=O)[C@@H]1CCN(Cc2c(OC)cc(OC)cc2C(=O)O)C1. The lowest BCUT2D eigenvalue weighted by Crippen LogP contribution is -2.30. The predicted octanol–water partition coefficient (Wildman–Crippen LogP) is 0.970. The van der Waals surface area contributed by atoms with Crippen molar-refractivity contribution >= 4 is 11.9 Å². The lowest BCUT2D eigenvalue weighted by molar-refractivity contribution is -0.124. The van der Waals surface area contributed by atoms with Gasteiger partial charge in [0.2, 0.25) is 5.91 Å². The van der Waals surface area contributed by atoms with Crippen LogP contribution in [-0.4, -0.2) is 56.2 Å². The van der Waals surface area contributed by atoms with E-state index >= 15 is 0 Å². The average molecular weight is 322 g/mol. The number of likely N-dealkylation sites (tertiary alicyclic amines) is 1. The highest BCUT2D eigenvalue weighted by atomic mass is 16.5. The van der Waals surface area contributed by atoms with E-state index < -0.39 is 5.97 Å². The number of benzene rings is 1. The summed E-state index contributed by atoms with van der Waals surface area (Å²) in [7, 11) is 4.61. The van der Waals surface area contributed by atoms with Crippen LogP contribution in [0.15, 0.2) is 12.1 Å². The molecule has 7 heteroatoms. The Morgan fingerprint density at radius 1 is 1.35 bits per heavy atom. The number of carboxylic acids is 1. The number of ether oxygens (including phenoxy) is 2. The van der Waals surface area contributed by atoms with Crippen molar-refractivity contribution in [3.05, 3.63) is 23.3 Å². The summed E-state index contributed by atoms with van der Waals surface area (Å²) in [5.41, 5.74) is 0.753. The Kier molecular flexibility index (Phi) is 5.44. The van der Waals surface area contributed by atoms with E-state index in [2.05, 4.69) is 10.2 Å². The van der Waals surface area contributed by atoms with E-state index in [1.54, 1.807) is 13.1 Å². The number of hydrogen-bond acceptors (Lipinski definition) is 5. The Bertz CT molecular complexity index is 602. The van der Waals surface area contributed by atoms with Crippen LogP contribution in [0.5, 0.6) is 11.5 Å². The molecule has 2 rings (SSSR count). The van der Waals surface area contributed by atoms with E-state index in [-0.39, 0.29) is 17.4 Å². The quantitative estimate of drug-likeness (QED) is 0.811. The second kappa shape index (κ2) is 7.32. The van der Waals surface area contributed by atoms with Crippen LogP contribution in [0.4, 0.5) is 0 Å². The third kappa shape index (κ3) is 3.73. The van der Waals surface area contributed by atoms with Crippen molar-refractivity contribution in [1.29, 1.82) is 0 Å². The summed E-state index contributed by atoms with van der Waals surface area (Å²) in [5.74, 6) is -0.151. The maximum Gasteiger partial charge on any atom is 0.336 e. The van der Waals surface area contributed by atoms with Crippen LogP contribution in [0.1, 0.15) is 22.3 Å². The summed E-state index contributed by atoms with van der Waals surface area (Å²) in [5, 5.41) is 12.1. The number of methoxy groups -OCH3 is 2. The van der Waals surface area contributed by atoms with Gasteiger partial charge in [0, 0.05) is 31.8 Å². The molecule has 0 spiro atoms. The summed E-state index contributed by atoms with van der Waals surface area (Å²) < 4.78 is 10.5. The molecule has 0 aliphatic carbocycles. The van der Waals surface area contributed by atoms with Crippen LogP contribution >= 0.6 is 0 Å². The standard InChI is InChI=1S/C16H22N2O5/c1-17-15(19)10-4-5-18(8-10)9-13-12(16(20)21)6-11(22-2)7-14(13)23-3/h6-7,10H,4-5,8-9H2,1-3H3,(H,17,19)(H,20,21)/t10-/m1/s1.